The monoisotopic (exact) mass is 1000 g/mol. The molecule has 0 aliphatic heterocycles. The van der Waals surface area contributed by atoms with Crippen molar-refractivity contribution in [3.63, 3.8) is 0 Å². The van der Waals surface area contributed by atoms with Gasteiger partial charge in [0.15, 0.2) is 0 Å². The predicted octanol–water partition coefficient (Wildman–Crippen LogP) is 22.3. The van der Waals surface area contributed by atoms with Crippen LogP contribution in [0, 0.1) is 27.7 Å². The fourth-order valence-corrected chi connectivity index (χ4v) is 12.2. The summed E-state index contributed by atoms with van der Waals surface area (Å²) in [4.78, 5) is 0. The zero-order chi connectivity index (χ0) is 57.1. The van der Waals surface area contributed by atoms with E-state index in [1.165, 1.54) is 122 Å². The second-order valence-electron chi connectivity index (χ2n) is 32.0. The van der Waals surface area contributed by atoms with Gasteiger partial charge in [-0.1, -0.05) is 287 Å². The molecular formula is C75H104. The normalized spacial score (nSPS) is 13.7. The van der Waals surface area contributed by atoms with Crippen LogP contribution in [0.1, 0.15) is 258 Å². The summed E-state index contributed by atoms with van der Waals surface area (Å²) < 4.78 is 0. The SMILES string of the molecule is Cc1cc(C(C)(C)C)c(-c2cccc(C(C)(C)c3cccc(-c4c(C(C)(C)C)cc(C)cc4C(C)(C)C)c3-c3c(C(C)(C)C)cc(C)cc3C(C)(C)C)c2-c2c(C(C)(C)C)cc(C)cc2C(C)(C)C)c(C(C)(C)C)c1. The van der Waals surface area contributed by atoms with Gasteiger partial charge >= 0.3 is 0 Å². The Bertz CT molecular complexity index is 2770. The molecule has 0 fully saturated rings. The molecule has 75 heavy (non-hydrogen) atoms. The van der Waals surface area contributed by atoms with E-state index in [9.17, 15) is 0 Å². The smallest absolute Gasteiger partial charge is 0.0159 e. The average Bonchev–Trinajstić information content (AvgIpc) is 3.22. The summed E-state index contributed by atoms with van der Waals surface area (Å²) in [5, 5.41) is 0. The third kappa shape index (κ3) is 11.8. The second kappa shape index (κ2) is 19.3. The molecule has 6 aromatic rings. The van der Waals surface area contributed by atoms with Gasteiger partial charge in [0.2, 0.25) is 0 Å². The Morgan fingerprint density at radius 3 is 0.547 bits per heavy atom. The summed E-state index contributed by atoms with van der Waals surface area (Å²) in [7, 11) is 0. The van der Waals surface area contributed by atoms with E-state index in [0.29, 0.717) is 0 Å². The van der Waals surface area contributed by atoms with Crippen LogP contribution in [0.5, 0.6) is 0 Å². The van der Waals surface area contributed by atoms with E-state index in [4.69, 9.17) is 0 Å². The minimum absolute atomic E-state index is 0.125. The highest BCUT2D eigenvalue weighted by atomic mass is 14.4. The summed E-state index contributed by atoms with van der Waals surface area (Å²) in [5.74, 6) is 0. The van der Waals surface area contributed by atoms with Crippen molar-refractivity contribution in [3.8, 4) is 44.5 Å². The van der Waals surface area contributed by atoms with E-state index < -0.39 is 5.41 Å². The Balaban J connectivity index is 2.06. The van der Waals surface area contributed by atoms with Crippen molar-refractivity contribution in [1.29, 1.82) is 0 Å². The number of benzene rings is 6. The van der Waals surface area contributed by atoms with E-state index >= 15 is 0 Å². The third-order valence-corrected chi connectivity index (χ3v) is 16.1. The molecule has 0 nitrogen and oxygen atoms in total. The van der Waals surface area contributed by atoms with Crippen LogP contribution >= 0.6 is 0 Å². The molecule has 0 heterocycles. The first-order valence-electron chi connectivity index (χ1n) is 28.6. The molecule has 0 spiro atoms. The van der Waals surface area contributed by atoms with Crippen LogP contribution in [0.3, 0.4) is 0 Å². The Kier molecular flexibility index (Phi) is 15.4. The quantitative estimate of drug-likeness (QED) is 0.156. The van der Waals surface area contributed by atoms with E-state index in [1.807, 2.05) is 0 Å². The van der Waals surface area contributed by atoms with Crippen molar-refractivity contribution in [2.45, 2.75) is 256 Å². The predicted molar refractivity (Wildman–Crippen MR) is 335 cm³/mol. The van der Waals surface area contributed by atoms with Crippen LogP contribution in [-0.4, -0.2) is 0 Å². The van der Waals surface area contributed by atoms with Crippen LogP contribution in [0.4, 0.5) is 0 Å². The Morgan fingerprint density at radius 2 is 0.373 bits per heavy atom. The lowest BCUT2D eigenvalue weighted by molar-refractivity contribution is 0.567. The number of hydrogen-bond donors (Lipinski definition) is 0. The standard InChI is InChI=1S/C75H104/c1-45-37-53(67(5,6)7)61(54(38-45)68(8,9)10)49-33-31-35-51(63(49)65-57(71(17,18)19)41-47(3)42-58(65)72(20,21)22)75(29,30)52-36-32-34-50(62-55(69(11,12)13)39-46(2)40-56(62)70(14,15)16)64(52)66-59(73(23,24)25)43-48(4)44-60(66)74(26,27)28/h31-44H,1-30H3. The van der Waals surface area contributed by atoms with Crippen molar-refractivity contribution in [1.82, 2.24) is 0 Å². The van der Waals surface area contributed by atoms with Crippen LogP contribution in [0.2, 0.25) is 0 Å². The molecule has 0 bridgehead atoms. The van der Waals surface area contributed by atoms with Crippen molar-refractivity contribution in [2.75, 3.05) is 0 Å². The summed E-state index contributed by atoms with van der Waals surface area (Å²) in [5.41, 5.74) is 28.5. The molecule has 0 atom stereocenters. The van der Waals surface area contributed by atoms with Crippen LogP contribution in [0.15, 0.2) is 84.9 Å². The molecule has 0 heteroatoms. The van der Waals surface area contributed by atoms with Crippen molar-refractivity contribution in [3.05, 3.63) is 163 Å². The number of rotatable bonds is 6. The molecule has 6 rings (SSSR count). The molecule has 0 N–H and O–H groups in total. The molecule has 0 aliphatic rings. The minimum atomic E-state index is -0.538. The van der Waals surface area contributed by atoms with E-state index in [1.54, 1.807) is 0 Å². The molecular weight excluding hydrogens is 901 g/mol. The van der Waals surface area contributed by atoms with Crippen LogP contribution in [-0.2, 0) is 48.7 Å². The van der Waals surface area contributed by atoms with E-state index in [2.05, 4.69) is 293 Å². The fraction of sp³-hybridized carbons (Fsp3) is 0.520. The zero-order valence-corrected chi connectivity index (χ0v) is 53.6. The molecule has 0 radical (unpaired) electrons. The minimum Gasteiger partial charge on any atom is -0.0613 e. The maximum Gasteiger partial charge on any atom is 0.0159 e. The first-order valence-corrected chi connectivity index (χ1v) is 28.6. The Labute approximate surface area is 461 Å². The van der Waals surface area contributed by atoms with Gasteiger partial charge in [-0.25, -0.2) is 0 Å². The topological polar surface area (TPSA) is 0 Å². The average molecular weight is 1010 g/mol. The second-order valence-corrected chi connectivity index (χ2v) is 32.0. The maximum atomic E-state index is 2.57. The number of aryl methyl sites for hydroxylation is 4. The van der Waals surface area contributed by atoms with E-state index in [-0.39, 0.29) is 43.3 Å². The lowest BCUT2D eigenvalue weighted by Crippen LogP contribution is -2.27. The van der Waals surface area contributed by atoms with Crippen LogP contribution < -0.4 is 0 Å². The summed E-state index contributed by atoms with van der Waals surface area (Å²) in [6.45, 7) is 72.5. The highest BCUT2D eigenvalue weighted by molar-refractivity contribution is 5.97. The van der Waals surface area contributed by atoms with Gasteiger partial charge in [-0.05, 0) is 171 Å². The molecule has 0 amide bonds. The van der Waals surface area contributed by atoms with Gasteiger partial charge < -0.3 is 0 Å². The van der Waals surface area contributed by atoms with Gasteiger partial charge in [-0.2, -0.15) is 0 Å². The molecule has 0 saturated heterocycles. The van der Waals surface area contributed by atoms with Gasteiger partial charge in [0.1, 0.15) is 0 Å². The molecule has 0 saturated carbocycles. The largest absolute Gasteiger partial charge is 0.0613 e. The van der Waals surface area contributed by atoms with Crippen molar-refractivity contribution < 1.29 is 0 Å². The van der Waals surface area contributed by atoms with Crippen molar-refractivity contribution >= 4 is 0 Å². The lowest BCUT2D eigenvalue weighted by atomic mass is 9.63. The van der Waals surface area contributed by atoms with E-state index in [0.717, 1.165) is 0 Å². The van der Waals surface area contributed by atoms with Gasteiger partial charge in [-0.15, -0.1) is 0 Å². The molecule has 404 valence electrons. The Morgan fingerprint density at radius 1 is 0.200 bits per heavy atom. The molecule has 0 unspecified atom stereocenters. The lowest BCUT2D eigenvalue weighted by Gasteiger charge is -2.40. The first kappa shape index (κ1) is 59.6. The molecule has 0 aliphatic carbocycles. The summed E-state index contributed by atoms with van der Waals surface area (Å²) in [6.07, 6.45) is 0. The highest BCUT2D eigenvalue weighted by Gasteiger charge is 2.41. The Hall–Kier alpha value is -4.68. The zero-order valence-electron chi connectivity index (χ0n) is 53.6. The van der Waals surface area contributed by atoms with Gasteiger partial charge in [0.05, 0.1) is 0 Å². The van der Waals surface area contributed by atoms with Crippen molar-refractivity contribution in [2.24, 2.45) is 0 Å². The maximum absolute atomic E-state index is 2.57. The highest BCUT2D eigenvalue weighted by Crippen LogP contribution is 2.57. The third-order valence-electron chi connectivity index (χ3n) is 16.1. The van der Waals surface area contributed by atoms with Gasteiger partial charge in [0, 0.05) is 5.41 Å². The number of hydrogen-bond acceptors (Lipinski definition) is 0. The van der Waals surface area contributed by atoms with Gasteiger partial charge in [-0.3, -0.25) is 0 Å². The first-order chi connectivity index (χ1) is 33.7. The van der Waals surface area contributed by atoms with Gasteiger partial charge in [0.25, 0.3) is 0 Å². The molecule has 6 aromatic carbocycles. The fourth-order valence-electron chi connectivity index (χ4n) is 12.2. The summed E-state index contributed by atoms with van der Waals surface area (Å²) >= 11 is 0. The summed E-state index contributed by atoms with van der Waals surface area (Å²) in [6, 6.07) is 34.9. The molecule has 0 aromatic heterocycles. The van der Waals surface area contributed by atoms with Crippen LogP contribution in [0.25, 0.3) is 44.5 Å².